The van der Waals surface area contributed by atoms with Gasteiger partial charge in [-0.2, -0.15) is 13.2 Å². The van der Waals surface area contributed by atoms with E-state index in [1.165, 1.54) is 0 Å². The molecule has 100 valence electrons. The summed E-state index contributed by atoms with van der Waals surface area (Å²) in [4.78, 5) is 6.79. The molecule has 2 rings (SSSR count). The van der Waals surface area contributed by atoms with Crippen molar-refractivity contribution in [1.29, 1.82) is 0 Å². The van der Waals surface area contributed by atoms with Crippen molar-refractivity contribution in [2.75, 3.05) is 0 Å². The summed E-state index contributed by atoms with van der Waals surface area (Å²) in [7, 11) is 0. The minimum absolute atomic E-state index is 0. The van der Waals surface area contributed by atoms with E-state index >= 15 is 0 Å². The van der Waals surface area contributed by atoms with Crippen molar-refractivity contribution >= 4 is 11.0 Å². The number of hydrogen-bond acceptors (Lipinski definition) is 1. The number of nitrogens with one attached hydrogen (secondary N) is 1. The first kappa shape index (κ1) is 14.5. The van der Waals surface area contributed by atoms with E-state index < -0.39 is 17.6 Å². The highest BCUT2D eigenvalue weighted by Crippen LogP contribution is 2.33. The van der Waals surface area contributed by atoms with Crippen LogP contribution in [0.5, 0.6) is 0 Å². The molecule has 0 aliphatic rings. The summed E-state index contributed by atoms with van der Waals surface area (Å²) in [5.74, 6) is -0.717. The highest BCUT2D eigenvalue weighted by atomic mass is 19.4. The van der Waals surface area contributed by atoms with Crippen LogP contribution in [0.4, 0.5) is 17.6 Å². The molecule has 2 aromatic rings. The van der Waals surface area contributed by atoms with Crippen molar-refractivity contribution in [3.63, 3.8) is 0 Å². The van der Waals surface area contributed by atoms with Gasteiger partial charge in [0.25, 0.3) is 0 Å². The van der Waals surface area contributed by atoms with Crippen LogP contribution in [0.3, 0.4) is 0 Å². The average molecular weight is 262 g/mol. The summed E-state index contributed by atoms with van der Waals surface area (Å²) < 4.78 is 50.7. The summed E-state index contributed by atoms with van der Waals surface area (Å²) in [5.41, 5.74) is -0.870. The van der Waals surface area contributed by atoms with Gasteiger partial charge in [0.15, 0.2) is 0 Å². The highest BCUT2D eigenvalue weighted by molar-refractivity contribution is 5.76. The van der Waals surface area contributed by atoms with Crippen molar-refractivity contribution in [2.24, 2.45) is 0 Å². The van der Waals surface area contributed by atoms with Gasteiger partial charge in [0.2, 0.25) is 0 Å². The van der Waals surface area contributed by atoms with Gasteiger partial charge in [0, 0.05) is 12.0 Å². The van der Waals surface area contributed by atoms with Crippen LogP contribution in [0.15, 0.2) is 12.1 Å². The van der Waals surface area contributed by atoms with Crippen LogP contribution in [0.25, 0.3) is 11.0 Å². The number of nitrogens with zero attached hydrogens (tertiary/aromatic N) is 1. The third kappa shape index (κ3) is 2.47. The summed E-state index contributed by atoms with van der Waals surface area (Å²) in [6, 6.07) is 1.56. The molecule has 1 N–H and O–H groups in total. The van der Waals surface area contributed by atoms with Gasteiger partial charge in [-0.1, -0.05) is 21.3 Å². The molecular weight excluding hydrogens is 248 g/mol. The van der Waals surface area contributed by atoms with Gasteiger partial charge in [-0.15, -0.1) is 0 Å². The van der Waals surface area contributed by atoms with Gasteiger partial charge in [0.1, 0.15) is 11.6 Å². The minimum Gasteiger partial charge on any atom is -0.342 e. The third-order valence-electron chi connectivity index (χ3n) is 2.44. The van der Waals surface area contributed by atoms with E-state index in [0.717, 1.165) is 12.1 Å². The SMILES string of the molecule is C.CC(C)c1nc2cc(F)c(C(F)(F)F)cc2[nH]1. The fraction of sp³-hybridized carbons (Fsp3) is 0.417. The number of fused-ring (bicyclic) bond motifs is 1. The number of H-pyrrole nitrogens is 1. The molecule has 0 aliphatic heterocycles. The quantitative estimate of drug-likeness (QED) is 0.754. The van der Waals surface area contributed by atoms with Gasteiger partial charge in [-0.3, -0.25) is 0 Å². The Kier molecular flexibility index (Phi) is 3.69. The average Bonchev–Trinajstić information content (AvgIpc) is 2.57. The number of hydrogen-bond donors (Lipinski definition) is 1. The molecule has 0 saturated heterocycles. The Morgan fingerprint density at radius 2 is 1.83 bits per heavy atom. The first-order valence-corrected chi connectivity index (χ1v) is 5.05. The molecule has 0 bridgehead atoms. The molecule has 1 aromatic heterocycles. The van der Waals surface area contributed by atoms with Crippen molar-refractivity contribution in [1.82, 2.24) is 9.97 Å². The molecule has 18 heavy (non-hydrogen) atoms. The van der Waals surface area contributed by atoms with Crippen LogP contribution in [0.1, 0.15) is 38.6 Å². The van der Waals surface area contributed by atoms with Crippen molar-refractivity contribution in [2.45, 2.75) is 33.4 Å². The van der Waals surface area contributed by atoms with Crippen LogP contribution in [0, 0.1) is 5.82 Å². The largest absolute Gasteiger partial charge is 0.419 e. The molecule has 0 spiro atoms. The van der Waals surface area contributed by atoms with Gasteiger partial charge < -0.3 is 4.98 Å². The van der Waals surface area contributed by atoms with E-state index in [1.54, 1.807) is 0 Å². The molecule has 0 unspecified atom stereocenters. The van der Waals surface area contributed by atoms with E-state index in [9.17, 15) is 17.6 Å². The highest BCUT2D eigenvalue weighted by Gasteiger charge is 2.34. The number of halogens is 4. The normalized spacial score (nSPS) is 11.9. The van der Waals surface area contributed by atoms with Crippen molar-refractivity contribution in [3.05, 3.63) is 29.3 Å². The molecule has 0 atom stereocenters. The predicted molar refractivity (Wildman–Crippen MR) is 61.9 cm³/mol. The number of alkyl halides is 3. The lowest BCUT2D eigenvalue weighted by Crippen LogP contribution is -2.07. The van der Waals surface area contributed by atoms with E-state index in [4.69, 9.17) is 0 Å². The fourth-order valence-corrected chi connectivity index (χ4v) is 1.54. The number of aromatic nitrogens is 2. The lowest BCUT2D eigenvalue weighted by Gasteiger charge is -2.07. The zero-order valence-corrected chi connectivity index (χ0v) is 9.19. The topological polar surface area (TPSA) is 28.7 Å². The van der Waals surface area contributed by atoms with Gasteiger partial charge in [0.05, 0.1) is 16.6 Å². The van der Waals surface area contributed by atoms with Gasteiger partial charge in [-0.25, -0.2) is 9.37 Å². The zero-order valence-electron chi connectivity index (χ0n) is 9.19. The summed E-state index contributed by atoms with van der Waals surface area (Å²) in [6.07, 6.45) is -4.69. The maximum atomic E-state index is 13.3. The van der Waals surface area contributed by atoms with Gasteiger partial charge in [-0.05, 0) is 6.07 Å². The molecule has 1 aromatic carbocycles. The molecule has 0 aliphatic carbocycles. The Morgan fingerprint density at radius 1 is 1.22 bits per heavy atom. The molecular formula is C12H14F4N2. The zero-order chi connectivity index (χ0) is 12.8. The second-order valence-corrected chi connectivity index (χ2v) is 4.12. The fourth-order valence-electron chi connectivity index (χ4n) is 1.54. The second-order valence-electron chi connectivity index (χ2n) is 4.12. The first-order chi connectivity index (χ1) is 7.79. The standard InChI is InChI=1S/C11H10F4N2.CH4/c1-5(2)10-16-8-3-6(11(13,14)15)7(12)4-9(8)17-10;/h3-5H,1-2H3,(H,16,17);1H4. The molecule has 0 radical (unpaired) electrons. The van der Waals surface area contributed by atoms with E-state index in [1.807, 2.05) is 13.8 Å². The molecule has 1 heterocycles. The number of benzene rings is 1. The number of rotatable bonds is 1. The molecule has 2 nitrogen and oxygen atoms in total. The maximum Gasteiger partial charge on any atom is 0.419 e. The molecule has 0 fully saturated rings. The predicted octanol–water partition coefficient (Wildman–Crippen LogP) is 4.48. The van der Waals surface area contributed by atoms with Crippen LogP contribution < -0.4 is 0 Å². The molecule has 0 amide bonds. The van der Waals surface area contributed by atoms with Crippen LogP contribution in [0.2, 0.25) is 0 Å². The van der Waals surface area contributed by atoms with E-state index in [2.05, 4.69) is 9.97 Å². The van der Waals surface area contributed by atoms with Gasteiger partial charge >= 0.3 is 6.18 Å². The van der Waals surface area contributed by atoms with Crippen molar-refractivity contribution < 1.29 is 17.6 Å². The Morgan fingerprint density at radius 3 is 2.33 bits per heavy atom. The van der Waals surface area contributed by atoms with E-state index in [0.29, 0.717) is 5.82 Å². The Hall–Kier alpha value is -1.59. The first-order valence-electron chi connectivity index (χ1n) is 5.05. The lowest BCUT2D eigenvalue weighted by atomic mass is 10.2. The summed E-state index contributed by atoms with van der Waals surface area (Å²) in [6.45, 7) is 3.69. The van der Waals surface area contributed by atoms with Crippen LogP contribution in [-0.4, -0.2) is 9.97 Å². The second kappa shape index (κ2) is 4.59. The monoisotopic (exact) mass is 262 g/mol. The number of imidazole rings is 1. The lowest BCUT2D eigenvalue weighted by molar-refractivity contribution is -0.139. The van der Waals surface area contributed by atoms with Crippen LogP contribution >= 0.6 is 0 Å². The Labute approximate surface area is 102 Å². The molecule has 0 saturated carbocycles. The van der Waals surface area contributed by atoms with Crippen molar-refractivity contribution in [3.8, 4) is 0 Å². The smallest absolute Gasteiger partial charge is 0.342 e. The summed E-state index contributed by atoms with van der Waals surface area (Å²) in [5, 5.41) is 0. The maximum absolute atomic E-state index is 13.3. The van der Waals surface area contributed by atoms with Crippen LogP contribution in [-0.2, 0) is 6.18 Å². The Bertz CT molecular complexity index is 555. The third-order valence-corrected chi connectivity index (χ3v) is 2.44. The minimum atomic E-state index is -4.69. The molecule has 6 heteroatoms. The number of aromatic amines is 1. The van der Waals surface area contributed by atoms with E-state index in [-0.39, 0.29) is 24.4 Å². The summed E-state index contributed by atoms with van der Waals surface area (Å²) >= 11 is 0. The Balaban J connectivity index is 0.00000162.